The average molecular weight is 400 g/mol. The van der Waals surface area contributed by atoms with Crippen LogP contribution in [0.2, 0.25) is 0 Å². The Hall–Kier alpha value is -3.27. The Morgan fingerprint density at radius 2 is 1.43 bits per heavy atom. The smallest absolute Gasteiger partial charge is 0.186 e. The van der Waals surface area contributed by atoms with Gasteiger partial charge in [0.05, 0.1) is 11.0 Å². The molecule has 4 nitrogen and oxygen atoms in total. The van der Waals surface area contributed by atoms with Crippen molar-refractivity contribution >= 4 is 33.3 Å². The Morgan fingerprint density at radius 1 is 0.867 bits per heavy atom. The molecule has 154 valence electrons. The van der Waals surface area contributed by atoms with Gasteiger partial charge in [0.25, 0.3) is 0 Å². The maximum absolute atomic E-state index is 12.4. The molecule has 0 saturated heterocycles. The van der Waals surface area contributed by atoms with Crippen LogP contribution >= 0.6 is 0 Å². The van der Waals surface area contributed by atoms with E-state index in [0.29, 0.717) is 5.69 Å². The number of carbonyl (C=O) groups is 1. The van der Waals surface area contributed by atoms with Crippen molar-refractivity contribution in [3.05, 3.63) is 77.1 Å². The van der Waals surface area contributed by atoms with Gasteiger partial charge < -0.3 is 5.73 Å². The minimum Gasteiger partial charge on any atom is -0.398 e. The predicted molar refractivity (Wildman–Crippen MR) is 126 cm³/mol. The number of nitrogen functional groups attached to an aromatic ring is 1. The van der Waals surface area contributed by atoms with Crippen molar-refractivity contribution < 1.29 is 4.79 Å². The zero-order chi connectivity index (χ0) is 22.1. The van der Waals surface area contributed by atoms with E-state index in [1.54, 1.807) is 12.3 Å². The van der Waals surface area contributed by atoms with Crippen molar-refractivity contribution in [1.82, 2.24) is 9.97 Å². The second kappa shape index (κ2) is 8.23. The minimum absolute atomic E-state index is 0.0485. The lowest BCUT2D eigenvalue weighted by molar-refractivity contribution is 0.0853. The van der Waals surface area contributed by atoms with E-state index in [1.807, 2.05) is 65.0 Å². The number of Topliss-reactive ketones (excluding diaryl/α,β-unsaturated/α-hetero) is 1. The number of nitrogens with zero attached hydrogens (tertiary/aromatic N) is 2. The van der Waals surface area contributed by atoms with Crippen LogP contribution in [-0.4, -0.2) is 15.8 Å². The highest BCUT2D eigenvalue weighted by atomic mass is 16.1. The molecule has 0 radical (unpaired) electrons. The second-order valence-corrected chi connectivity index (χ2v) is 8.80. The molecule has 0 unspecified atom stereocenters. The zero-order valence-corrected chi connectivity index (χ0v) is 18.6. The molecule has 0 fully saturated rings. The van der Waals surface area contributed by atoms with E-state index in [2.05, 4.69) is 29.0 Å². The molecule has 2 aromatic heterocycles. The number of nitrogens with two attached hydrogens (primary N) is 1. The SMILES string of the molecule is CC(C)(C)C(=O)c1ccc2ccc3cccnc3c2n1.Cc1cc(C)c(N)c(C)c1. The minimum atomic E-state index is -0.432. The van der Waals surface area contributed by atoms with Gasteiger partial charge in [-0.05, 0) is 44.0 Å². The van der Waals surface area contributed by atoms with Gasteiger partial charge in [0.1, 0.15) is 5.69 Å². The molecule has 0 aliphatic rings. The summed E-state index contributed by atoms with van der Waals surface area (Å²) in [6.07, 6.45) is 1.75. The first kappa shape index (κ1) is 21.4. The number of hydrogen-bond donors (Lipinski definition) is 1. The third-order valence-electron chi connectivity index (χ3n) is 5.08. The van der Waals surface area contributed by atoms with Crippen LogP contribution in [0.1, 0.15) is 48.0 Å². The first-order valence-corrected chi connectivity index (χ1v) is 10.1. The van der Waals surface area contributed by atoms with Crippen molar-refractivity contribution in [2.24, 2.45) is 5.41 Å². The summed E-state index contributed by atoms with van der Waals surface area (Å²) in [5, 5.41) is 2.04. The Labute approximate surface area is 178 Å². The van der Waals surface area contributed by atoms with Crippen LogP contribution in [0.25, 0.3) is 21.8 Å². The van der Waals surface area contributed by atoms with Gasteiger partial charge in [0.2, 0.25) is 0 Å². The van der Waals surface area contributed by atoms with Crippen LogP contribution in [0.4, 0.5) is 5.69 Å². The number of carbonyl (C=O) groups excluding carboxylic acids is 1. The summed E-state index contributed by atoms with van der Waals surface area (Å²) in [6, 6.07) is 15.9. The van der Waals surface area contributed by atoms with Crippen molar-refractivity contribution in [1.29, 1.82) is 0 Å². The van der Waals surface area contributed by atoms with Gasteiger partial charge in [-0.25, -0.2) is 4.98 Å². The highest BCUT2D eigenvalue weighted by Crippen LogP contribution is 2.25. The molecule has 0 spiro atoms. The van der Waals surface area contributed by atoms with Crippen LogP contribution in [-0.2, 0) is 0 Å². The fourth-order valence-corrected chi connectivity index (χ4v) is 3.43. The van der Waals surface area contributed by atoms with Crippen molar-refractivity contribution in [2.45, 2.75) is 41.5 Å². The molecule has 0 amide bonds. The Kier molecular flexibility index (Phi) is 5.88. The molecule has 0 aliphatic carbocycles. The molecule has 30 heavy (non-hydrogen) atoms. The largest absolute Gasteiger partial charge is 0.398 e. The summed E-state index contributed by atoms with van der Waals surface area (Å²) in [5.74, 6) is 0.0485. The first-order valence-electron chi connectivity index (χ1n) is 10.1. The molecule has 0 bridgehead atoms. The van der Waals surface area contributed by atoms with E-state index in [1.165, 1.54) is 16.7 Å². The fourth-order valence-electron chi connectivity index (χ4n) is 3.43. The number of aromatic nitrogens is 2. The van der Waals surface area contributed by atoms with Gasteiger partial charge in [-0.15, -0.1) is 0 Å². The van der Waals surface area contributed by atoms with Gasteiger partial charge in [-0.2, -0.15) is 0 Å². The number of ketones is 1. The quantitative estimate of drug-likeness (QED) is 0.235. The summed E-state index contributed by atoms with van der Waals surface area (Å²) in [7, 11) is 0. The third-order valence-corrected chi connectivity index (χ3v) is 5.08. The molecule has 0 saturated carbocycles. The molecule has 4 rings (SSSR count). The summed E-state index contributed by atoms with van der Waals surface area (Å²) in [6.45, 7) is 11.9. The number of pyridine rings is 2. The lowest BCUT2D eigenvalue weighted by Crippen LogP contribution is -2.21. The average Bonchev–Trinajstić information content (AvgIpc) is 2.70. The van der Waals surface area contributed by atoms with Crippen molar-refractivity contribution in [3.63, 3.8) is 0 Å². The molecule has 2 aromatic carbocycles. The Balaban J connectivity index is 0.000000216. The van der Waals surface area contributed by atoms with E-state index in [-0.39, 0.29) is 5.78 Å². The molecule has 0 aliphatic heterocycles. The molecular formula is C26H29N3O. The van der Waals surface area contributed by atoms with Crippen LogP contribution in [0.5, 0.6) is 0 Å². The topological polar surface area (TPSA) is 68.9 Å². The Bertz CT molecular complexity index is 1210. The summed E-state index contributed by atoms with van der Waals surface area (Å²) >= 11 is 0. The highest BCUT2D eigenvalue weighted by molar-refractivity contribution is 6.05. The number of rotatable bonds is 1. The monoisotopic (exact) mass is 399 g/mol. The molecule has 4 aromatic rings. The van der Waals surface area contributed by atoms with E-state index < -0.39 is 5.41 Å². The molecular weight excluding hydrogens is 370 g/mol. The highest BCUT2D eigenvalue weighted by Gasteiger charge is 2.24. The number of fused-ring (bicyclic) bond motifs is 3. The zero-order valence-electron chi connectivity index (χ0n) is 18.6. The third kappa shape index (κ3) is 4.48. The van der Waals surface area contributed by atoms with Crippen LogP contribution in [0, 0.1) is 26.2 Å². The van der Waals surface area contributed by atoms with Crippen LogP contribution in [0.15, 0.2) is 54.7 Å². The van der Waals surface area contributed by atoms with Crippen molar-refractivity contribution in [3.8, 4) is 0 Å². The normalized spacial score (nSPS) is 11.3. The maximum atomic E-state index is 12.4. The number of aryl methyl sites for hydroxylation is 3. The second-order valence-electron chi connectivity index (χ2n) is 8.80. The van der Waals surface area contributed by atoms with E-state index >= 15 is 0 Å². The van der Waals surface area contributed by atoms with Gasteiger partial charge in [-0.3, -0.25) is 9.78 Å². The first-order chi connectivity index (χ1) is 14.1. The lowest BCUT2D eigenvalue weighted by Gasteiger charge is -2.16. The molecule has 0 atom stereocenters. The maximum Gasteiger partial charge on any atom is 0.186 e. The molecule has 4 heteroatoms. The Morgan fingerprint density at radius 3 is 2.03 bits per heavy atom. The molecule has 2 N–H and O–H groups in total. The number of anilines is 1. The van der Waals surface area contributed by atoms with Crippen molar-refractivity contribution in [2.75, 3.05) is 5.73 Å². The van der Waals surface area contributed by atoms with E-state index in [4.69, 9.17) is 5.73 Å². The fraction of sp³-hybridized carbons (Fsp3) is 0.269. The van der Waals surface area contributed by atoms with Crippen LogP contribution in [0.3, 0.4) is 0 Å². The van der Waals surface area contributed by atoms with Crippen LogP contribution < -0.4 is 5.73 Å². The number of benzene rings is 2. The van der Waals surface area contributed by atoms with Gasteiger partial charge >= 0.3 is 0 Å². The summed E-state index contributed by atoms with van der Waals surface area (Å²) < 4.78 is 0. The predicted octanol–water partition coefficient (Wildman–Crippen LogP) is 6.21. The summed E-state index contributed by atoms with van der Waals surface area (Å²) in [4.78, 5) is 21.3. The van der Waals surface area contributed by atoms with E-state index in [0.717, 1.165) is 27.5 Å². The van der Waals surface area contributed by atoms with Gasteiger partial charge in [0, 0.05) is 28.1 Å². The lowest BCUT2D eigenvalue weighted by atomic mass is 9.88. The number of hydrogen-bond acceptors (Lipinski definition) is 4. The molecule has 2 heterocycles. The van der Waals surface area contributed by atoms with Gasteiger partial charge in [0.15, 0.2) is 5.78 Å². The van der Waals surface area contributed by atoms with E-state index in [9.17, 15) is 4.79 Å². The summed E-state index contributed by atoms with van der Waals surface area (Å²) in [5.41, 5.74) is 12.0. The van der Waals surface area contributed by atoms with Gasteiger partial charge in [-0.1, -0.05) is 62.7 Å². The standard InChI is InChI=1S/C17H16N2O.C9H13N/c1-17(2,3)16(20)13-9-8-12-7-6-11-5-4-10-18-14(11)15(12)19-13;1-6-4-7(2)9(10)8(3)5-6/h4-10H,1-3H3;4-5H,10H2,1-3H3.